The molecule has 0 bridgehead atoms. The molecule has 0 fully saturated rings. The third-order valence-electron chi connectivity index (χ3n) is 1.87. The maximum absolute atomic E-state index is 8.66. The number of rotatable bonds is 5. The first kappa shape index (κ1) is 10.9. The highest BCUT2D eigenvalue weighted by Crippen LogP contribution is 2.12. The lowest BCUT2D eigenvalue weighted by atomic mass is 10.0. The highest BCUT2D eigenvalue weighted by atomic mass is 16.5. The summed E-state index contributed by atoms with van der Waals surface area (Å²) in [4.78, 5) is 0. The Kier molecular flexibility index (Phi) is 5.51. The number of aliphatic hydroxyl groups is 1. The number of ether oxygens (including phenoxy) is 1. The second-order valence-corrected chi connectivity index (χ2v) is 3.38. The van der Waals surface area contributed by atoms with Gasteiger partial charge < -0.3 is 9.84 Å². The zero-order chi connectivity index (χ0) is 8.85. The highest BCUT2D eigenvalue weighted by Gasteiger charge is 2.12. The smallest absolute Gasteiger partial charge is 0.0576 e. The van der Waals surface area contributed by atoms with Crippen molar-refractivity contribution in [1.82, 2.24) is 0 Å². The molecule has 1 N–H and O–H groups in total. The van der Waals surface area contributed by atoms with Crippen molar-refractivity contribution in [2.24, 2.45) is 5.92 Å². The van der Waals surface area contributed by atoms with Gasteiger partial charge in [-0.15, -0.1) is 0 Å². The van der Waals surface area contributed by atoms with Gasteiger partial charge in [0.1, 0.15) is 0 Å². The normalized spacial score (nSPS) is 16.9. The van der Waals surface area contributed by atoms with Crippen molar-refractivity contribution in [1.29, 1.82) is 0 Å². The van der Waals surface area contributed by atoms with Crippen LogP contribution in [-0.2, 0) is 4.74 Å². The van der Waals surface area contributed by atoms with Crippen molar-refractivity contribution in [2.45, 2.75) is 46.3 Å². The summed E-state index contributed by atoms with van der Waals surface area (Å²) in [6.45, 7) is 8.47. The van der Waals surface area contributed by atoms with Crippen LogP contribution in [0, 0.1) is 5.92 Å². The van der Waals surface area contributed by atoms with E-state index in [1.165, 1.54) is 0 Å². The molecule has 0 amide bonds. The molecule has 2 heteroatoms. The fraction of sp³-hybridized carbons (Fsp3) is 1.00. The van der Waals surface area contributed by atoms with Crippen LogP contribution in [0.1, 0.15) is 34.1 Å². The molecule has 0 aliphatic carbocycles. The van der Waals surface area contributed by atoms with Crippen LogP contribution in [0.3, 0.4) is 0 Å². The van der Waals surface area contributed by atoms with Crippen LogP contribution in [0.15, 0.2) is 0 Å². The van der Waals surface area contributed by atoms with Crippen LogP contribution in [0.4, 0.5) is 0 Å². The van der Waals surface area contributed by atoms with Crippen molar-refractivity contribution >= 4 is 0 Å². The van der Waals surface area contributed by atoms with Gasteiger partial charge in [-0.3, -0.25) is 0 Å². The lowest BCUT2D eigenvalue weighted by molar-refractivity contribution is -0.0159. The predicted molar refractivity (Wildman–Crippen MR) is 46.5 cm³/mol. The summed E-state index contributed by atoms with van der Waals surface area (Å²) >= 11 is 0. The molecule has 0 heterocycles. The molecule has 0 radical (unpaired) electrons. The fourth-order valence-electron chi connectivity index (χ4n) is 1.00. The third-order valence-corrected chi connectivity index (χ3v) is 1.87. The molecule has 0 saturated carbocycles. The Balaban J connectivity index is 3.54. The first-order valence-corrected chi connectivity index (χ1v) is 4.34. The van der Waals surface area contributed by atoms with Crippen LogP contribution in [-0.4, -0.2) is 23.9 Å². The first-order chi connectivity index (χ1) is 5.07. The fourth-order valence-corrected chi connectivity index (χ4v) is 1.00. The molecule has 1 unspecified atom stereocenters. The van der Waals surface area contributed by atoms with E-state index in [4.69, 9.17) is 9.84 Å². The van der Waals surface area contributed by atoms with Crippen LogP contribution in [0.2, 0.25) is 0 Å². The molecule has 0 aliphatic rings. The largest absolute Gasteiger partial charge is 0.396 e. The Bertz CT molecular complexity index is 91.6. The molecule has 0 aromatic carbocycles. The van der Waals surface area contributed by atoms with Gasteiger partial charge in [0.25, 0.3) is 0 Å². The minimum Gasteiger partial charge on any atom is -0.396 e. The quantitative estimate of drug-likeness (QED) is 0.664. The lowest BCUT2D eigenvalue weighted by Crippen LogP contribution is -2.22. The number of hydrogen-bond donors (Lipinski definition) is 1. The zero-order valence-corrected chi connectivity index (χ0v) is 8.00. The standard InChI is InChI=1S/C9H20O2/c1-7(2)11-9(4)8(3)5-6-10/h7-10H,5-6H2,1-4H3/t8-,9?/m1/s1. The highest BCUT2D eigenvalue weighted by molar-refractivity contribution is 4.61. The summed E-state index contributed by atoms with van der Waals surface area (Å²) < 4.78 is 5.55. The maximum Gasteiger partial charge on any atom is 0.0576 e. The van der Waals surface area contributed by atoms with Gasteiger partial charge in [-0.05, 0) is 33.1 Å². The first-order valence-electron chi connectivity index (χ1n) is 4.34. The lowest BCUT2D eigenvalue weighted by Gasteiger charge is -2.21. The summed E-state index contributed by atoms with van der Waals surface area (Å²) in [7, 11) is 0. The average molecular weight is 160 g/mol. The van der Waals surface area contributed by atoms with E-state index in [1.807, 2.05) is 13.8 Å². The van der Waals surface area contributed by atoms with Gasteiger partial charge in [-0.25, -0.2) is 0 Å². The van der Waals surface area contributed by atoms with E-state index in [2.05, 4.69) is 13.8 Å². The SMILES string of the molecule is CC(C)OC(C)[C@H](C)CCO. The van der Waals surface area contributed by atoms with Gasteiger partial charge in [0.2, 0.25) is 0 Å². The summed E-state index contributed by atoms with van der Waals surface area (Å²) in [5, 5.41) is 8.66. The topological polar surface area (TPSA) is 29.5 Å². The Labute approximate surface area is 69.6 Å². The van der Waals surface area contributed by atoms with Crippen LogP contribution < -0.4 is 0 Å². The minimum absolute atomic E-state index is 0.252. The number of hydrogen-bond acceptors (Lipinski definition) is 2. The van der Waals surface area contributed by atoms with Crippen LogP contribution in [0.25, 0.3) is 0 Å². The molecule has 0 rings (SSSR count). The van der Waals surface area contributed by atoms with Gasteiger partial charge in [0.05, 0.1) is 12.2 Å². The average Bonchev–Trinajstić information content (AvgIpc) is 1.86. The van der Waals surface area contributed by atoms with Crippen molar-refractivity contribution in [3.05, 3.63) is 0 Å². The third kappa shape index (κ3) is 5.22. The van der Waals surface area contributed by atoms with Crippen molar-refractivity contribution in [3.8, 4) is 0 Å². The molecule has 0 saturated heterocycles. The minimum atomic E-state index is 0.252. The summed E-state index contributed by atoms with van der Waals surface area (Å²) in [6, 6.07) is 0. The maximum atomic E-state index is 8.66. The van der Waals surface area contributed by atoms with E-state index >= 15 is 0 Å². The Hall–Kier alpha value is -0.0800. The molecular formula is C9H20O2. The molecular weight excluding hydrogens is 140 g/mol. The van der Waals surface area contributed by atoms with Crippen LogP contribution in [0.5, 0.6) is 0 Å². The van der Waals surface area contributed by atoms with Crippen LogP contribution >= 0.6 is 0 Å². The summed E-state index contributed by atoms with van der Waals surface area (Å²) in [6.07, 6.45) is 1.36. The number of aliphatic hydroxyl groups excluding tert-OH is 1. The van der Waals surface area contributed by atoms with E-state index in [1.54, 1.807) is 0 Å². The molecule has 2 atom stereocenters. The molecule has 0 aliphatic heterocycles. The van der Waals surface area contributed by atoms with Crippen molar-refractivity contribution in [2.75, 3.05) is 6.61 Å². The van der Waals surface area contributed by atoms with E-state index in [9.17, 15) is 0 Å². The van der Waals surface area contributed by atoms with Gasteiger partial charge in [-0.1, -0.05) is 6.92 Å². The molecule has 2 nitrogen and oxygen atoms in total. The molecule has 0 aromatic heterocycles. The summed E-state index contributed by atoms with van der Waals surface area (Å²) in [5.74, 6) is 0.447. The van der Waals surface area contributed by atoms with Gasteiger partial charge in [-0.2, -0.15) is 0 Å². The van der Waals surface area contributed by atoms with Gasteiger partial charge in [0, 0.05) is 6.61 Å². The second-order valence-electron chi connectivity index (χ2n) is 3.38. The molecule has 11 heavy (non-hydrogen) atoms. The van der Waals surface area contributed by atoms with E-state index in [0.29, 0.717) is 5.92 Å². The van der Waals surface area contributed by atoms with E-state index in [-0.39, 0.29) is 18.8 Å². The monoisotopic (exact) mass is 160 g/mol. The molecule has 0 spiro atoms. The molecule has 0 aromatic rings. The Morgan fingerprint density at radius 1 is 1.18 bits per heavy atom. The predicted octanol–water partition coefficient (Wildman–Crippen LogP) is 1.82. The Morgan fingerprint density at radius 3 is 2.09 bits per heavy atom. The van der Waals surface area contributed by atoms with Gasteiger partial charge in [0.15, 0.2) is 0 Å². The van der Waals surface area contributed by atoms with E-state index < -0.39 is 0 Å². The Morgan fingerprint density at radius 2 is 1.73 bits per heavy atom. The van der Waals surface area contributed by atoms with Crippen molar-refractivity contribution in [3.63, 3.8) is 0 Å². The summed E-state index contributed by atoms with van der Waals surface area (Å²) in [5.41, 5.74) is 0. The second kappa shape index (κ2) is 5.56. The van der Waals surface area contributed by atoms with Gasteiger partial charge >= 0.3 is 0 Å². The molecule has 68 valence electrons. The zero-order valence-electron chi connectivity index (χ0n) is 8.00. The van der Waals surface area contributed by atoms with E-state index in [0.717, 1.165) is 6.42 Å². The van der Waals surface area contributed by atoms with Crippen molar-refractivity contribution < 1.29 is 9.84 Å².